The highest BCUT2D eigenvalue weighted by molar-refractivity contribution is 6.03. The molecule has 2 heterocycles. The Bertz CT molecular complexity index is 1540. The first-order chi connectivity index (χ1) is 18.8. The highest BCUT2D eigenvalue weighted by atomic mass is 16.2. The van der Waals surface area contributed by atoms with Crippen LogP contribution in [0.15, 0.2) is 78.9 Å². The summed E-state index contributed by atoms with van der Waals surface area (Å²) in [7, 11) is 2.02. The van der Waals surface area contributed by atoms with Gasteiger partial charge in [-0.3, -0.25) is 25.2 Å². The summed E-state index contributed by atoms with van der Waals surface area (Å²) in [5, 5.41) is 1.05. The predicted octanol–water partition coefficient (Wildman–Crippen LogP) is 4.84. The van der Waals surface area contributed by atoms with E-state index in [1.54, 1.807) is 4.90 Å². The Morgan fingerprint density at radius 1 is 0.923 bits per heavy atom. The van der Waals surface area contributed by atoms with Gasteiger partial charge in [0.2, 0.25) is 5.91 Å². The highest BCUT2D eigenvalue weighted by Crippen LogP contribution is 2.45. The van der Waals surface area contributed by atoms with Crippen molar-refractivity contribution in [1.29, 1.82) is 0 Å². The maximum absolute atomic E-state index is 14.0. The normalized spacial score (nSPS) is 16.2. The smallest absolute Gasteiger partial charge is 0.261 e. The van der Waals surface area contributed by atoms with Crippen molar-refractivity contribution in [3.63, 3.8) is 0 Å². The largest absolute Gasteiger partial charge is 0.348 e. The fourth-order valence-electron chi connectivity index (χ4n) is 5.73. The second-order valence-electron chi connectivity index (χ2n) is 10.3. The summed E-state index contributed by atoms with van der Waals surface area (Å²) in [6.45, 7) is 6.03. The average Bonchev–Trinajstić information content (AvgIpc) is 3.37. The SMILES string of the molecule is CCC(C)C(C(=O)NNC(=O)Cc1ccccc1)N1C(=O)c2ccccc2C1c1c(C)n(C)c2ccccc12. The minimum Gasteiger partial charge on any atom is -0.348 e. The Balaban J connectivity index is 1.53. The second kappa shape index (κ2) is 10.8. The number of benzene rings is 3. The molecule has 0 saturated carbocycles. The van der Waals surface area contributed by atoms with Crippen LogP contribution in [0.25, 0.3) is 10.9 Å². The Morgan fingerprint density at radius 2 is 1.59 bits per heavy atom. The van der Waals surface area contributed by atoms with Gasteiger partial charge >= 0.3 is 0 Å². The second-order valence-corrected chi connectivity index (χ2v) is 10.3. The van der Waals surface area contributed by atoms with E-state index in [9.17, 15) is 14.4 Å². The van der Waals surface area contributed by atoms with Gasteiger partial charge in [-0.25, -0.2) is 0 Å². The van der Waals surface area contributed by atoms with E-state index < -0.39 is 18.0 Å². The zero-order chi connectivity index (χ0) is 27.7. The minimum atomic E-state index is -0.796. The van der Waals surface area contributed by atoms with Crippen molar-refractivity contribution in [3.05, 3.63) is 107 Å². The fraction of sp³-hybridized carbons (Fsp3) is 0.281. The number of nitrogens with zero attached hydrogens (tertiary/aromatic N) is 2. The van der Waals surface area contributed by atoms with Crippen LogP contribution in [-0.2, 0) is 23.1 Å². The van der Waals surface area contributed by atoms with Crippen LogP contribution >= 0.6 is 0 Å². The summed E-state index contributed by atoms with van der Waals surface area (Å²) in [6, 6.07) is 23.9. The molecule has 3 unspecified atom stereocenters. The molecule has 7 nitrogen and oxygen atoms in total. The van der Waals surface area contributed by atoms with Gasteiger partial charge in [0.1, 0.15) is 6.04 Å². The standard InChI is InChI=1S/C32H34N4O3/c1-5-20(2)29(31(38)34-33-27(37)19-22-13-7-6-8-14-22)36-30(23-15-9-10-16-24(23)32(36)39)28-21(3)35(4)26-18-12-11-17-25(26)28/h6-18,20,29-30H,5,19H2,1-4H3,(H,33,37)(H,34,38). The number of rotatable bonds is 7. The molecule has 1 aromatic heterocycles. The monoisotopic (exact) mass is 522 g/mol. The van der Waals surface area contributed by atoms with Crippen LogP contribution < -0.4 is 10.9 Å². The van der Waals surface area contributed by atoms with Crippen molar-refractivity contribution in [1.82, 2.24) is 20.3 Å². The molecule has 1 aliphatic rings. The third-order valence-corrected chi connectivity index (χ3v) is 8.00. The molecule has 0 saturated heterocycles. The molecule has 200 valence electrons. The van der Waals surface area contributed by atoms with Gasteiger partial charge < -0.3 is 9.47 Å². The van der Waals surface area contributed by atoms with E-state index in [0.717, 1.165) is 33.3 Å². The number of aryl methyl sites for hydroxylation is 1. The Labute approximate surface area is 228 Å². The van der Waals surface area contributed by atoms with Gasteiger partial charge in [0.15, 0.2) is 0 Å². The quantitative estimate of drug-likeness (QED) is 0.341. The van der Waals surface area contributed by atoms with Crippen LogP contribution in [0, 0.1) is 12.8 Å². The number of hydrazine groups is 1. The van der Waals surface area contributed by atoms with Crippen LogP contribution in [0.1, 0.15) is 59.1 Å². The number of carbonyl (C=O) groups is 3. The van der Waals surface area contributed by atoms with E-state index in [1.807, 2.05) is 87.6 Å². The number of hydrogen-bond donors (Lipinski definition) is 2. The Kier molecular flexibility index (Phi) is 7.24. The van der Waals surface area contributed by atoms with Crippen LogP contribution in [0.5, 0.6) is 0 Å². The number of carbonyl (C=O) groups excluding carboxylic acids is 3. The van der Waals surface area contributed by atoms with E-state index in [1.165, 1.54) is 0 Å². The summed E-state index contributed by atoms with van der Waals surface area (Å²) in [6.07, 6.45) is 0.818. The van der Waals surface area contributed by atoms with E-state index in [2.05, 4.69) is 34.5 Å². The van der Waals surface area contributed by atoms with Crippen molar-refractivity contribution in [3.8, 4) is 0 Å². The lowest BCUT2D eigenvalue weighted by Gasteiger charge is -2.36. The van der Waals surface area contributed by atoms with Gasteiger partial charge in [-0.1, -0.05) is 87.0 Å². The molecular formula is C32H34N4O3. The third kappa shape index (κ3) is 4.69. The van der Waals surface area contributed by atoms with Gasteiger partial charge in [0, 0.05) is 34.8 Å². The summed E-state index contributed by atoms with van der Waals surface area (Å²) in [5.41, 5.74) is 10.7. The molecule has 3 aromatic carbocycles. The van der Waals surface area contributed by atoms with Crippen molar-refractivity contribution in [2.45, 2.75) is 45.7 Å². The van der Waals surface area contributed by atoms with Gasteiger partial charge in [-0.15, -0.1) is 0 Å². The van der Waals surface area contributed by atoms with Gasteiger partial charge in [0.05, 0.1) is 12.5 Å². The fourth-order valence-corrected chi connectivity index (χ4v) is 5.73. The number of aromatic nitrogens is 1. The molecule has 0 spiro atoms. The first-order valence-electron chi connectivity index (χ1n) is 13.4. The molecule has 0 aliphatic carbocycles. The molecule has 1 aliphatic heterocycles. The molecule has 3 atom stereocenters. The lowest BCUT2D eigenvalue weighted by Crippen LogP contribution is -2.56. The Hall–Kier alpha value is -4.39. The van der Waals surface area contributed by atoms with Crippen LogP contribution in [0.3, 0.4) is 0 Å². The maximum atomic E-state index is 14.0. The average molecular weight is 523 g/mol. The predicted molar refractivity (Wildman–Crippen MR) is 152 cm³/mol. The molecule has 0 radical (unpaired) electrons. The van der Waals surface area contributed by atoms with E-state index in [4.69, 9.17) is 0 Å². The zero-order valence-corrected chi connectivity index (χ0v) is 22.8. The van der Waals surface area contributed by atoms with Crippen LogP contribution in [0.2, 0.25) is 0 Å². The summed E-state index contributed by atoms with van der Waals surface area (Å²) in [5.74, 6) is -1.07. The molecule has 5 rings (SSSR count). The highest BCUT2D eigenvalue weighted by Gasteiger charge is 2.47. The molecule has 39 heavy (non-hydrogen) atoms. The lowest BCUT2D eigenvalue weighted by atomic mass is 9.91. The van der Waals surface area contributed by atoms with E-state index in [-0.39, 0.29) is 24.2 Å². The van der Waals surface area contributed by atoms with Crippen LogP contribution in [-0.4, -0.2) is 33.2 Å². The first-order valence-corrected chi connectivity index (χ1v) is 13.4. The van der Waals surface area contributed by atoms with Crippen molar-refractivity contribution in [2.24, 2.45) is 13.0 Å². The van der Waals surface area contributed by atoms with E-state index >= 15 is 0 Å². The summed E-state index contributed by atoms with van der Waals surface area (Å²) < 4.78 is 2.14. The molecule has 3 amide bonds. The van der Waals surface area contributed by atoms with Crippen molar-refractivity contribution < 1.29 is 14.4 Å². The van der Waals surface area contributed by atoms with Gasteiger partial charge in [-0.05, 0) is 36.1 Å². The molecular weight excluding hydrogens is 488 g/mol. The van der Waals surface area contributed by atoms with Gasteiger partial charge in [0.25, 0.3) is 11.8 Å². The molecule has 0 fully saturated rings. The molecule has 2 N–H and O–H groups in total. The maximum Gasteiger partial charge on any atom is 0.261 e. The first kappa shape index (κ1) is 26.2. The number of para-hydroxylation sites is 1. The summed E-state index contributed by atoms with van der Waals surface area (Å²) in [4.78, 5) is 42.2. The molecule has 0 bridgehead atoms. The Morgan fingerprint density at radius 3 is 2.33 bits per heavy atom. The molecule has 7 heteroatoms. The van der Waals surface area contributed by atoms with Crippen LogP contribution in [0.4, 0.5) is 0 Å². The third-order valence-electron chi connectivity index (χ3n) is 8.00. The lowest BCUT2D eigenvalue weighted by molar-refractivity contribution is -0.133. The number of fused-ring (bicyclic) bond motifs is 2. The zero-order valence-electron chi connectivity index (χ0n) is 22.8. The summed E-state index contributed by atoms with van der Waals surface area (Å²) >= 11 is 0. The molecule has 4 aromatic rings. The topological polar surface area (TPSA) is 83.4 Å². The number of nitrogens with one attached hydrogen (secondary N) is 2. The number of amides is 3. The van der Waals surface area contributed by atoms with Crippen molar-refractivity contribution >= 4 is 28.6 Å². The van der Waals surface area contributed by atoms with Gasteiger partial charge in [-0.2, -0.15) is 0 Å². The van der Waals surface area contributed by atoms with E-state index in [0.29, 0.717) is 12.0 Å². The minimum absolute atomic E-state index is 0.140. The number of hydrogen-bond acceptors (Lipinski definition) is 3. The van der Waals surface area contributed by atoms with Crippen molar-refractivity contribution in [2.75, 3.05) is 0 Å².